The molecule has 0 spiro atoms. The molecule has 1 N–H and O–H groups in total. The Morgan fingerprint density at radius 1 is 1.85 bits per heavy atom. The second-order valence-corrected chi connectivity index (χ2v) is 2.85. The molecule has 13 heavy (non-hydrogen) atoms. The summed E-state index contributed by atoms with van der Waals surface area (Å²) in [5, 5.41) is 11.6. The molecule has 1 heterocycles. The van der Waals surface area contributed by atoms with Gasteiger partial charge in [-0.3, -0.25) is 4.98 Å². The third-order valence-corrected chi connectivity index (χ3v) is 1.82. The number of carboxylic acids is 1. The Balaban J connectivity index is 3.00. The molecule has 0 amide bonds. The van der Waals surface area contributed by atoms with Crippen molar-refractivity contribution in [2.45, 2.75) is 0 Å². The van der Waals surface area contributed by atoms with Gasteiger partial charge in [0.05, 0.1) is 5.51 Å². The molecule has 0 aliphatic rings. The van der Waals surface area contributed by atoms with E-state index in [-0.39, 0.29) is 5.70 Å². The number of hydrogen-bond donors (Lipinski definition) is 1. The van der Waals surface area contributed by atoms with E-state index in [4.69, 9.17) is 10.6 Å². The van der Waals surface area contributed by atoms with Gasteiger partial charge in [-0.05, 0) is 11.6 Å². The highest BCUT2D eigenvalue weighted by molar-refractivity contribution is 7.10. The zero-order valence-corrected chi connectivity index (χ0v) is 7.10. The second kappa shape index (κ2) is 4.24. The van der Waals surface area contributed by atoms with Crippen LogP contribution in [-0.4, -0.2) is 16.1 Å². The van der Waals surface area contributed by atoms with Crippen LogP contribution in [0.5, 0.6) is 0 Å². The third kappa shape index (κ3) is 2.58. The van der Waals surface area contributed by atoms with Crippen LogP contribution in [0.3, 0.4) is 0 Å². The van der Waals surface area contributed by atoms with E-state index < -0.39 is 5.97 Å². The number of thiazole rings is 1. The summed E-state index contributed by atoms with van der Waals surface area (Å²) in [5.41, 5.74) is 9.27. The van der Waals surface area contributed by atoms with Crippen LogP contribution in [0.25, 0.3) is 16.5 Å². The highest BCUT2D eigenvalue weighted by Gasteiger charge is 2.04. The first-order valence-corrected chi connectivity index (χ1v) is 4.00. The highest BCUT2D eigenvalue weighted by atomic mass is 32.1. The van der Waals surface area contributed by atoms with Crippen molar-refractivity contribution in [1.29, 1.82) is 0 Å². The molecule has 0 aliphatic carbocycles. The van der Waals surface area contributed by atoms with Crippen LogP contribution in [0, 0.1) is 0 Å². The fraction of sp³-hybridized carbons (Fsp3) is 0. The largest absolute Gasteiger partial charge is 0.478 e. The third-order valence-electron chi connectivity index (χ3n) is 1.10. The number of aliphatic carboxylic acids is 1. The van der Waals surface area contributed by atoms with Crippen molar-refractivity contribution in [3.63, 3.8) is 0 Å². The van der Waals surface area contributed by atoms with Gasteiger partial charge in [0.2, 0.25) is 0 Å². The molecule has 1 aromatic rings. The Kier molecular flexibility index (Phi) is 3.02. The number of carboxylic acid groups (broad SMARTS) is 1. The van der Waals surface area contributed by atoms with Crippen molar-refractivity contribution >= 4 is 23.4 Å². The number of carbonyl (C=O) groups is 1. The number of azide groups is 1. The maximum Gasteiger partial charge on any atom is 0.338 e. The molecule has 0 radical (unpaired) electrons. The lowest BCUT2D eigenvalue weighted by atomic mass is 10.4. The highest BCUT2D eigenvalue weighted by Crippen LogP contribution is 2.12. The maximum atomic E-state index is 10.5. The van der Waals surface area contributed by atoms with Gasteiger partial charge in [-0.2, -0.15) is 0 Å². The molecule has 1 rings (SSSR count). The summed E-state index contributed by atoms with van der Waals surface area (Å²) in [7, 11) is 0. The summed E-state index contributed by atoms with van der Waals surface area (Å²) >= 11 is 1.26. The first-order valence-electron chi connectivity index (χ1n) is 3.12. The van der Waals surface area contributed by atoms with Crippen molar-refractivity contribution in [2.24, 2.45) is 5.11 Å². The maximum absolute atomic E-state index is 10.5. The molecule has 0 fully saturated rings. The van der Waals surface area contributed by atoms with E-state index in [0.717, 1.165) is 0 Å². The second-order valence-electron chi connectivity index (χ2n) is 1.93. The van der Waals surface area contributed by atoms with Gasteiger partial charge in [0.25, 0.3) is 0 Å². The van der Waals surface area contributed by atoms with Crippen LogP contribution in [-0.2, 0) is 4.79 Å². The minimum Gasteiger partial charge on any atom is -0.478 e. The minimum absolute atomic E-state index is 0.341. The fourth-order valence-corrected chi connectivity index (χ4v) is 1.16. The van der Waals surface area contributed by atoms with E-state index in [2.05, 4.69) is 15.0 Å². The lowest BCUT2D eigenvalue weighted by Crippen LogP contribution is -1.95. The van der Waals surface area contributed by atoms with Gasteiger partial charge in [-0.25, -0.2) is 4.79 Å². The van der Waals surface area contributed by atoms with Crippen LogP contribution in [0.1, 0.15) is 4.88 Å². The summed E-state index contributed by atoms with van der Waals surface area (Å²) in [6.07, 6.45) is 2.75. The van der Waals surface area contributed by atoms with E-state index in [1.165, 1.54) is 23.6 Å². The summed E-state index contributed by atoms with van der Waals surface area (Å²) < 4.78 is 0. The van der Waals surface area contributed by atoms with E-state index in [9.17, 15) is 4.79 Å². The normalized spacial score (nSPS) is 10.6. The van der Waals surface area contributed by atoms with Gasteiger partial charge >= 0.3 is 5.97 Å². The van der Waals surface area contributed by atoms with Gasteiger partial charge < -0.3 is 5.11 Å². The molecule has 0 atom stereocenters. The fourth-order valence-electron chi connectivity index (χ4n) is 0.613. The average Bonchev–Trinajstić information content (AvgIpc) is 2.56. The van der Waals surface area contributed by atoms with Crippen LogP contribution in [0.4, 0.5) is 0 Å². The quantitative estimate of drug-likeness (QED) is 0.345. The Hall–Kier alpha value is -1.85. The lowest BCUT2D eigenvalue weighted by Gasteiger charge is -1.89. The number of rotatable bonds is 3. The number of nitrogens with zero attached hydrogens (tertiary/aromatic N) is 4. The molecular formula is C6H4N4O2S. The summed E-state index contributed by atoms with van der Waals surface area (Å²) in [6, 6.07) is 0. The van der Waals surface area contributed by atoms with Gasteiger partial charge in [-0.1, -0.05) is 5.11 Å². The molecule has 0 bridgehead atoms. The summed E-state index contributed by atoms with van der Waals surface area (Å²) in [4.78, 5) is 17.2. The summed E-state index contributed by atoms with van der Waals surface area (Å²) in [6.45, 7) is 0. The number of aromatic nitrogens is 1. The monoisotopic (exact) mass is 196 g/mol. The Labute approximate surface area is 76.8 Å². The zero-order valence-electron chi connectivity index (χ0n) is 6.28. The molecule has 0 unspecified atom stereocenters. The molecule has 6 nitrogen and oxygen atoms in total. The molecular weight excluding hydrogens is 192 g/mol. The number of hydrogen-bond acceptors (Lipinski definition) is 4. The topological polar surface area (TPSA) is 99.0 Å². The SMILES string of the molecule is [N-]=[N+]=N/C(=C/c1cncs1)C(=O)O. The Morgan fingerprint density at radius 3 is 3.08 bits per heavy atom. The molecule has 1 aromatic heterocycles. The smallest absolute Gasteiger partial charge is 0.338 e. The van der Waals surface area contributed by atoms with Crippen LogP contribution < -0.4 is 0 Å². The standard InChI is InChI=1S/C6H4N4O2S/c7-10-9-5(6(11)12)1-4-2-8-3-13-4/h1-3H,(H,11,12)/b5-1+. The van der Waals surface area contributed by atoms with Gasteiger partial charge in [0, 0.05) is 16.0 Å². The first-order chi connectivity index (χ1) is 6.24. The van der Waals surface area contributed by atoms with Gasteiger partial charge in [0.15, 0.2) is 0 Å². The first kappa shape index (κ1) is 9.24. The molecule has 7 heteroatoms. The van der Waals surface area contributed by atoms with Gasteiger partial charge in [-0.15, -0.1) is 11.3 Å². The predicted molar refractivity (Wildman–Crippen MR) is 46.9 cm³/mol. The average molecular weight is 196 g/mol. The van der Waals surface area contributed by atoms with Gasteiger partial charge in [0.1, 0.15) is 5.70 Å². The molecule has 0 aromatic carbocycles. The van der Waals surface area contributed by atoms with E-state index >= 15 is 0 Å². The predicted octanol–water partition coefficient (Wildman–Crippen LogP) is 1.88. The summed E-state index contributed by atoms with van der Waals surface area (Å²) in [5.74, 6) is -1.26. The van der Waals surface area contributed by atoms with E-state index in [0.29, 0.717) is 4.88 Å². The van der Waals surface area contributed by atoms with E-state index in [1.54, 1.807) is 5.51 Å². The Bertz CT molecular complexity index is 373. The minimum atomic E-state index is -1.26. The van der Waals surface area contributed by atoms with Crippen molar-refractivity contribution in [3.8, 4) is 0 Å². The molecule has 0 aliphatic heterocycles. The van der Waals surface area contributed by atoms with Crippen molar-refractivity contribution < 1.29 is 9.90 Å². The van der Waals surface area contributed by atoms with Crippen molar-refractivity contribution in [1.82, 2.24) is 4.98 Å². The van der Waals surface area contributed by atoms with Crippen molar-refractivity contribution in [3.05, 3.63) is 32.7 Å². The Morgan fingerprint density at radius 2 is 2.62 bits per heavy atom. The lowest BCUT2D eigenvalue weighted by molar-refractivity contribution is -0.132. The zero-order chi connectivity index (χ0) is 9.68. The molecule has 66 valence electrons. The van der Waals surface area contributed by atoms with Crippen LogP contribution in [0.2, 0.25) is 0 Å². The van der Waals surface area contributed by atoms with Crippen LogP contribution in [0.15, 0.2) is 22.5 Å². The van der Waals surface area contributed by atoms with Crippen LogP contribution >= 0.6 is 11.3 Å². The molecule has 0 saturated heterocycles. The van der Waals surface area contributed by atoms with E-state index in [1.807, 2.05) is 0 Å². The van der Waals surface area contributed by atoms with Crippen molar-refractivity contribution in [2.75, 3.05) is 0 Å². The molecule has 0 saturated carbocycles.